The molecular weight excluding hydrogens is 64.0 g/mol. The molecule has 1 heterocycles. The largest absolute Gasteiger partial charge is 0.380 e. The van der Waals surface area contributed by atoms with Crippen molar-refractivity contribution in [3.05, 3.63) is 5.92 Å². The Hall–Kier alpha value is -0.0400. The van der Waals surface area contributed by atoms with Crippen molar-refractivity contribution < 1.29 is 4.74 Å². The molecular formula is C4H7O. The van der Waals surface area contributed by atoms with E-state index in [4.69, 9.17) is 4.74 Å². The molecule has 1 radical (unpaired) electrons. The summed E-state index contributed by atoms with van der Waals surface area (Å²) >= 11 is 0. The Balaban J connectivity index is 2.08. The maximum absolute atomic E-state index is 4.80. The van der Waals surface area contributed by atoms with Crippen LogP contribution in [0.25, 0.3) is 0 Å². The first kappa shape index (κ1) is 3.16. The van der Waals surface area contributed by atoms with Gasteiger partial charge in [0.2, 0.25) is 0 Å². The summed E-state index contributed by atoms with van der Waals surface area (Å²) in [7, 11) is 0. The first-order valence-electron chi connectivity index (χ1n) is 1.78. The van der Waals surface area contributed by atoms with Crippen LogP contribution in [0.3, 0.4) is 0 Å². The first-order valence-corrected chi connectivity index (χ1v) is 1.78. The van der Waals surface area contributed by atoms with E-state index in [0.717, 1.165) is 13.2 Å². The molecule has 29 valence electrons. The zero-order valence-electron chi connectivity index (χ0n) is 3.32. The zero-order chi connectivity index (χ0) is 3.70. The van der Waals surface area contributed by atoms with Crippen LogP contribution in [0.15, 0.2) is 0 Å². The molecule has 0 atom stereocenters. The SMILES string of the molecule is C[C]1COC1. The molecule has 0 bridgehead atoms. The highest BCUT2D eigenvalue weighted by Crippen LogP contribution is 2.08. The molecule has 0 N–H and O–H groups in total. The first-order chi connectivity index (χ1) is 2.39. The summed E-state index contributed by atoms with van der Waals surface area (Å²) in [6.07, 6.45) is 0. The molecule has 5 heavy (non-hydrogen) atoms. The highest BCUT2D eigenvalue weighted by Gasteiger charge is 2.10. The maximum atomic E-state index is 4.80. The van der Waals surface area contributed by atoms with E-state index in [1.54, 1.807) is 0 Å². The van der Waals surface area contributed by atoms with Crippen LogP contribution in [0.4, 0.5) is 0 Å². The smallest absolute Gasteiger partial charge is 0.0549 e. The third-order valence-corrected chi connectivity index (χ3v) is 0.697. The van der Waals surface area contributed by atoms with E-state index >= 15 is 0 Å². The summed E-state index contributed by atoms with van der Waals surface area (Å²) in [4.78, 5) is 0. The van der Waals surface area contributed by atoms with Crippen molar-refractivity contribution >= 4 is 0 Å². The molecule has 1 aliphatic heterocycles. The van der Waals surface area contributed by atoms with E-state index in [9.17, 15) is 0 Å². The van der Waals surface area contributed by atoms with Crippen LogP contribution in [0.2, 0.25) is 0 Å². The van der Waals surface area contributed by atoms with E-state index in [2.05, 4.69) is 6.92 Å². The van der Waals surface area contributed by atoms with Gasteiger partial charge in [-0.15, -0.1) is 0 Å². The van der Waals surface area contributed by atoms with Crippen LogP contribution in [-0.4, -0.2) is 13.2 Å². The van der Waals surface area contributed by atoms with Gasteiger partial charge in [0.15, 0.2) is 0 Å². The van der Waals surface area contributed by atoms with Crippen molar-refractivity contribution in [2.75, 3.05) is 13.2 Å². The summed E-state index contributed by atoms with van der Waals surface area (Å²) in [6.45, 7) is 3.91. The molecule has 1 fully saturated rings. The summed E-state index contributed by atoms with van der Waals surface area (Å²) in [5, 5.41) is 0. The lowest BCUT2D eigenvalue weighted by atomic mass is 10.2. The summed E-state index contributed by atoms with van der Waals surface area (Å²) in [5.74, 6) is 1.46. The van der Waals surface area contributed by atoms with Crippen molar-refractivity contribution in [3.8, 4) is 0 Å². The van der Waals surface area contributed by atoms with Crippen LogP contribution in [0.5, 0.6) is 0 Å². The van der Waals surface area contributed by atoms with Crippen LogP contribution < -0.4 is 0 Å². The molecule has 0 aliphatic carbocycles. The van der Waals surface area contributed by atoms with Gasteiger partial charge in [-0.1, -0.05) is 6.92 Å². The number of ether oxygens (including phenoxy) is 1. The lowest BCUT2D eigenvalue weighted by Crippen LogP contribution is -2.21. The average Bonchev–Trinajstić information content (AvgIpc) is 1.30. The molecule has 0 aromatic heterocycles. The topological polar surface area (TPSA) is 9.23 Å². The minimum absolute atomic E-state index is 0.903. The predicted octanol–water partition coefficient (Wildman–Crippen LogP) is 0.611. The highest BCUT2D eigenvalue weighted by molar-refractivity contribution is 4.90. The van der Waals surface area contributed by atoms with Crippen molar-refractivity contribution in [2.24, 2.45) is 0 Å². The third kappa shape index (κ3) is 0.428. The maximum Gasteiger partial charge on any atom is 0.0549 e. The number of hydrogen-bond donors (Lipinski definition) is 0. The second kappa shape index (κ2) is 0.977. The lowest BCUT2D eigenvalue weighted by Gasteiger charge is -2.19. The molecule has 1 aliphatic rings. The highest BCUT2D eigenvalue weighted by atomic mass is 16.5. The molecule has 1 rings (SSSR count). The Kier molecular flexibility index (Phi) is 0.618. The van der Waals surface area contributed by atoms with Crippen molar-refractivity contribution in [3.63, 3.8) is 0 Å². The molecule has 1 heteroatoms. The zero-order valence-corrected chi connectivity index (χ0v) is 3.32. The molecule has 0 spiro atoms. The van der Waals surface area contributed by atoms with Gasteiger partial charge in [0.05, 0.1) is 13.2 Å². The van der Waals surface area contributed by atoms with Gasteiger partial charge in [-0.25, -0.2) is 0 Å². The van der Waals surface area contributed by atoms with Crippen molar-refractivity contribution in [1.82, 2.24) is 0 Å². The normalized spacial score (nSPS) is 25.8. The van der Waals surface area contributed by atoms with Crippen LogP contribution >= 0.6 is 0 Å². The van der Waals surface area contributed by atoms with E-state index < -0.39 is 0 Å². The van der Waals surface area contributed by atoms with E-state index in [1.807, 2.05) is 0 Å². The molecule has 0 unspecified atom stereocenters. The Bertz CT molecular complexity index is 30.6. The monoisotopic (exact) mass is 71.0 g/mol. The standard InChI is InChI=1S/C4H7O/c1-4-2-5-3-4/h2-3H2,1H3. The summed E-state index contributed by atoms with van der Waals surface area (Å²) in [5.41, 5.74) is 0. The van der Waals surface area contributed by atoms with Crippen LogP contribution in [-0.2, 0) is 4.74 Å². The Morgan fingerprint density at radius 1 is 1.60 bits per heavy atom. The van der Waals surface area contributed by atoms with Crippen LogP contribution in [0.1, 0.15) is 6.92 Å². The Labute approximate surface area is 31.9 Å². The van der Waals surface area contributed by atoms with Crippen LogP contribution in [0, 0.1) is 5.92 Å². The third-order valence-electron chi connectivity index (χ3n) is 0.697. The van der Waals surface area contributed by atoms with Gasteiger partial charge in [0, 0.05) is 5.92 Å². The van der Waals surface area contributed by atoms with E-state index in [0.29, 0.717) is 0 Å². The van der Waals surface area contributed by atoms with Gasteiger partial charge in [0.25, 0.3) is 0 Å². The van der Waals surface area contributed by atoms with Crippen molar-refractivity contribution in [2.45, 2.75) is 6.92 Å². The van der Waals surface area contributed by atoms with Gasteiger partial charge >= 0.3 is 0 Å². The Morgan fingerprint density at radius 3 is 2.00 bits per heavy atom. The molecule has 0 saturated carbocycles. The minimum atomic E-state index is 0.903. The van der Waals surface area contributed by atoms with E-state index in [-0.39, 0.29) is 0 Å². The van der Waals surface area contributed by atoms with E-state index in [1.165, 1.54) is 5.92 Å². The van der Waals surface area contributed by atoms with Gasteiger partial charge in [-0.2, -0.15) is 0 Å². The second-order valence-electron chi connectivity index (χ2n) is 1.45. The fraction of sp³-hybridized carbons (Fsp3) is 0.750. The van der Waals surface area contributed by atoms with Crippen molar-refractivity contribution in [1.29, 1.82) is 0 Å². The average molecular weight is 71.1 g/mol. The van der Waals surface area contributed by atoms with Gasteiger partial charge in [-0.05, 0) is 0 Å². The summed E-state index contributed by atoms with van der Waals surface area (Å²) in [6, 6.07) is 0. The molecule has 1 saturated heterocycles. The molecule has 0 amide bonds. The fourth-order valence-electron chi connectivity index (χ4n) is 0.306. The van der Waals surface area contributed by atoms with Gasteiger partial charge < -0.3 is 4.74 Å². The summed E-state index contributed by atoms with van der Waals surface area (Å²) < 4.78 is 4.80. The van der Waals surface area contributed by atoms with Gasteiger partial charge in [0.1, 0.15) is 0 Å². The number of rotatable bonds is 0. The Morgan fingerprint density at radius 2 is 2.00 bits per heavy atom. The lowest BCUT2D eigenvalue weighted by molar-refractivity contribution is 0.0672. The quantitative estimate of drug-likeness (QED) is 0.406. The molecule has 1 nitrogen and oxygen atoms in total. The fourth-order valence-corrected chi connectivity index (χ4v) is 0.306. The molecule has 0 aromatic carbocycles. The van der Waals surface area contributed by atoms with Gasteiger partial charge in [-0.3, -0.25) is 0 Å². The predicted molar refractivity (Wildman–Crippen MR) is 19.7 cm³/mol. The second-order valence-corrected chi connectivity index (χ2v) is 1.45. The number of hydrogen-bond acceptors (Lipinski definition) is 1. The molecule has 0 aromatic rings. The minimum Gasteiger partial charge on any atom is -0.380 e.